The Balaban J connectivity index is 0.00000108. The van der Waals surface area contributed by atoms with Gasteiger partial charge in [0.05, 0.1) is 0 Å². The van der Waals surface area contributed by atoms with E-state index in [4.69, 9.17) is 5.73 Å². The Morgan fingerprint density at radius 2 is 2.06 bits per heavy atom. The van der Waals surface area contributed by atoms with Crippen LogP contribution < -0.4 is 5.73 Å². The number of thioether (sulfide) groups is 1. The van der Waals surface area contributed by atoms with Crippen LogP contribution in [0.4, 0.5) is 0 Å². The first-order valence-electron chi connectivity index (χ1n) is 6.22. The third-order valence-corrected chi connectivity index (χ3v) is 4.79. The largest absolute Gasteiger partial charge is 0.330 e. The van der Waals surface area contributed by atoms with Crippen LogP contribution in [0.15, 0.2) is 6.20 Å². The Bertz CT molecular complexity index is 374. The lowest BCUT2D eigenvalue weighted by atomic mass is 10.0. The van der Waals surface area contributed by atoms with E-state index in [1.54, 1.807) is 0 Å². The molecule has 3 heterocycles. The van der Waals surface area contributed by atoms with Gasteiger partial charge in [0.2, 0.25) is 0 Å². The molecule has 1 saturated heterocycles. The number of halogens is 1. The van der Waals surface area contributed by atoms with Crippen molar-refractivity contribution in [3.8, 4) is 0 Å². The molecule has 1 atom stereocenters. The van der Waals surface area contributed by atoms with Gasteiger partial charge in [0.15, 0.2) is 0 Å². The minimum absolute atomic E-state index is 0. The average molecular weight is 274 g/mol. The Hall–Kier alpha value is -0.190. The van der Waals surface area contributed by atoms with Crippen molar-refractivity contribution in [2.24, 2.45) is 5.73 Å². The van der Waals surface area contributed by atoms with Crippen LogP contribution in [0.2, 0.25) is 0 Å². The topological polar surface area (TPSA) is 43.8 Å². The summed E-state index contributed by atoms with van der Waals surface area (Å²) in [5, 5.41) is 0. The normalized spacial score (nSPS) is 25.1. The van der Waals surface area contributed by atoms with Crippen molar-refractivity contribution in [1.29, 1.82) is 0 Å². The molecule has 17 heavy (non-hydrogen) atoms. The number of hydrogen-bond donors (Lipinski definition) is 1. The van der Waals surface area contributed by atoms with Gasteiger partial charge in [0.25, 0.3) is 0 Å². The second-order valence-electron chi connectivity index (χ2n) is 4.90. The molecular formula is C12H20ClN3S. The molecule has 0 aliphatic carbocycles. The molecule has 1 unspecified atom stereocenters. The van der Waals surface area contributed by atoms with E-state index < -0.39 is 0 Å². The molecule has 96 valence electrons. The van der Waals surface area contributed by atoms with Crippen LogP contribution >= 0.6 is 24.2 Å². The van der Waals surface area contributed by atoms with Gasteiger partial charge in [0, 0.05) is 30.4 Å². The van der Waals surface area contributed by atoms with Gasteiger partial charge in [-0.05, 0) is 37.2 Å². The fourth-order valence-corrected chi connectivity index (χ4v) is 3.88. The third kappa shape index (κ3) is 2.64. The van der Waals surface area contributed by atoms with Gasteiger partial charge in [-0.2, -0.15) is 11.8 Å². The van der Waals surface area contributed by atoms with Crippen LogP contribution in [0.1, 0.15) is 36.7 Å². The highest BCUT2D eigenvalue weighted by molar-refractivity contribution is 7.99. The monoisotopic (exact) mass is 273 g/mol. The van der Waals surface area contributed by atoms with E-state index in [0.29, 0.717) is 12.0 Å². The maximum absolute atomic E-state index is 6.05. The van der Waals surface area contributed by atoms with Crippen molar-refractivity contribution in [2.75, 3.05) is 11.5 Å². The molecule has 0 bridgehead atoms. The predicted molar refractivity (Wildman–Crippen MR) is 75.1 cm³/mol. The van der Waals surface area contributed by atoms with Crippen LogP contribution in [0.5, 0.6) is 0 Å². The lowest BCUT2D eigenvalue weighted by Gasteiger charge is -2.26. The molecule has 2 aliphatic rings. The maximum Gasteiger partial charge on any atom is 0.112 e. The number of rotatable bonds is 1. The lowest BCUT2D eigenvalue weighted by molar-refractivity contribution is 0.431. The van der Waals surface area contributed by atoms with Crippen LogP contribution in [0, 0.1) is 0 Å². The quantitative estimate of drug-likeness (QED) is 0.853. The van der Waals surface area contributed by atoms with Crippen LogP contribution in [0.3, 0.4) is 0 Å². The highest BCUT2D eigenvalue weighted by Gasteiger charge is 2.25. The summed E-state index contributed by atoms with van der Waals surface area (Å²) in [6, 6.07) is 0.332. The molecule has 1 aromatic rings. The van der Waals surface area contributed by atoms with E-state index in [9.17, 15) is 0 Å². The van der Waals surface area contributed by atoms with E-state index in [0.717, 1.165) is 19.4 Å². The molecule has 1 aromatic heterocycles. The molecule has 0 saturated carbocycles. The van der Waals surface area contributed by atoms with E-state index >= 15 is 0 Å². The molecule has 0 aromatic carbocycles. The summed E-state index contributed by atoms with van der Waals surface area (Å²) >= 11 is 2.07. The predicted octanol–water partition coefficient (Wildman–Crippen LogP) is 2.19. The highest BCUT2D eigenvalue weighted by atomic mass is 35.5. The molecule has 1 fully saturated rings. The summed E-state index contributed by atoms with van der Waals surface area (Å²) in [5.74, 6) is 4.57. The van der Waals surface area contributed by atoms with Crippen molar-refractivity contribution >= 4 is 24.2 Å². The number of aromatic nitrogens is 2. The van der Waals surface area contributed by atoms with Gasteiger partial charge < -0.3 is 10.3 Å². The van der Waals surface area contributed by atoms with E-state index in [-0.39, 0.29) is 12.4 Å². The zero-order chi connectivity index (χ0) is 11.0. The Labute approximate surface area is 113 Å². The van der Waals surface area contributed by atoms with Crippen molar-refractivity contribution < 1.29 is 0 Å². The number of fused-ring (bicyclic) bond motifs is 1. The summed E-state index contributed by atoms with van der Waals surface area (Å²) in [6.07, 6.45) is 6.87. The molecule has 0 spiro atoms. The molecular weight excluding hydrogens is 254 g/mol. The van der Waals surface area contributed by atoms with E-state index in [1.807, 2.05) is 0 Å². The first-order valence-corrected chi connectivity index (χ1v) is 7.37. The number of aryl methyl sites for hydroxylation is 1. The summed E-state index contributed by atoms with van der Waals surface area (Å²) in [4.78, 5) is 4.65. The first-order chi connectivity index (χ1) is 7.84. The standard InChI is InChI=1S/C12H19N3S.ClH/c13-10-1-2-11-7-14-12(15(11)8-10)9-3-5-16-6-4-9;/h7,9-10H,1-6,8,13H2;1H. The van der Waals surface area contributed by atoms with Gasteiger partial charge in [-0.1, -0.05) is 0 Å². The maximum atomic E-state index is 6.05. The summed E-state index contributed by atoms with van der Waals surface area (Å²) in [6.45, 7) is 0.980. The fourth-order valence-electron chi connectivity index (χ4n) is 2.78. The zero-order valence-electron chi connectivity index (χ0n) is 9.97. The minimum atomic E-state index is 0. The van der Waals surface area contributed by atoms with Crippen molar-refractivity contribution in [2.45, 2.75) is 44.2 Å². The van der Waals surface area contributed by atoms with Crippen LogP contribution in [-0.4, -0.2) is 27.1 Å². The molecule has 0 radical (unpaired) electrons. The van der Waals surface area contributed by atoms with Crippen LogP contribution in [0.25, 0.3) is 0 Å². The molecule has 2 aliphatic heterocycles. The molecule has 5 heteroatoms. The number of hydrogen-bond acceptors (Lipinski definition) is 3. The zero-order valence-corrected chi connectivity index (χ0v) is 11.6. The second kappa shape index (κ2) is 5.63. The average Bonchev–Trinajstić information content (AvgIpc) is 2.73. The van der Waals surface area contributed by atoms with Gasteiger partial charge in [-0.3, -0.25) is 0 Å². The summed E-state index contributed by atoms with van der Waals surface area (Å²) in [5.41, 5.74) is 7.45. The molecule has 3 nitrogen and oxygen atoms in total. The number of nitrogens with zero attached hydrogens (tertiary/aromatic N) is 2. The third-order valence-electron chi connectivity index (χ3n) is 3.74. The smallest absolute Gasteiger partial charge is 0.112 e. The van der Waals surface area contributed by atoms with Crippen molar-refractivity contribution in [3.05, 3.63) is 17.7 Å². The Morgan fingerprint density at radius 3 is 2.82 bits per heavy atom. The molecule has 0 amide bonds. The minimum Gasteiger partial charge on any atom is -0.330 e. The van der Waals surface area contributed by atoms with Gasteiger partial charge >= 0.3 is 0 Å². The number of nitrogens with two attached hydrogens (primary N) is 1. The second-order valence-corrected chi connectivity index (χ2v) is 6.13. The van der Waals surface area contributed by atoms with Gasteiger partial charge in [-0.25, -0.2) is 4.98 Å². The van der Waals surface area contributed by atoms with E-state index in [2.05, 4.69) is 27.5 Å². The summed E-state index contributed by atoms with van der Waals surface area (Å²) < 4.78 is 2.40. The van der Waals surface area contributed by atoms with Crippen molar-refractivity contribution in [3.63, 3.8) is 0 Å². The highest BCUT2D eigenvalue weighted by Crippen LogP contribution is 2.32. The molecule has 3 rings (SSSR count). The number of imidazole rings is 1. The van der Waals surface area contributed by atoms with Crippen LogP contribution in [-0.2, 0) is 13.0 Å². The fraction of sp³-hybridized carbons (Fsp3) is 0.750. The van der Waals surface area contributed by atoms with Gasteiger partial charge in [-0.15, -0.1) is 12.4 Å². The first kappa shape index (κ1) is 13.2. The van der Waals surface area contributed by atoms with Gasteiger partial charge in [0.1, 0.15) is 5.82 Å². The van der Waals surface area contributed by atoms with Crippen molar-refractivity contribution in [1.82, 2.24) is 9.55 Å². The molecule has 2 N–H and O–H groups in total. The SMILES string of the molecule is Cl.NC1CCc2cnc(C3CCSCC3)n2C1. The Morgan fingerprint density at radius 1 is 1.29 bits per heavy atom. The lowest BCUT2D eigenvalue weighted by Crippen LogP contribution is -2.33. The summed E-state index contributed by atoms with van der Waals surface area (Å²) in [7, 11) is 0. The Kier molecular flexibility index (Phi) is 4.39. The van der Waals surface area contributed by atoms with E-state index in [1.165, 1.54) is 35.9 Å².